The topological polar surface area (TPSA) is 30.7 Å². The molecule has 3 rings (SSSR count). The summed E-state index contributed by atoms with van der Waals surface area (Å²) in [7, 11) is 0. The highest BCUT2D eigenvalue weighted by atomic mass is 35.5. The van der Waals surface area contributed by atoms with Crippen LogP contribution in [0.5, 0.6) is 0 Å². The monoisotopic (exact) mass is 283 g/mol. The van der Waals surface area contributed by atoms with Gasteiger partial charge in [0.15, 0.2) is 0 Å². The summed E-state index contributed by atoms with van der Waals surface area (Å²) in [5.41, 5.74) is 5.24. The number of rotatable bonds is 2. The van der Waals surface area contributed by atoms with E-state index in [1.165, 1.54) is 5.56 Å². The van der Waals surface area contributed by atoms with Gasteiger partial charge in [0.1, 0.15) is 5.15 Å². The van der Waals surface area contributed by atoms with E-state index in [1.54, 1.807) is 6.20 Å². The highest BCUT2D eigenvalue weighted by molar-refractivity contribution is 6.29. The van der Waals surface area contributed by atoms with Crippen molar-refractivity contribution in [2.75, 3.05) is 0 Å². The highest BCUT2D eigenvalue weighted by Gasteiger charge is 2.11. The Labute approximate surface area is 122 Å². The van der Waals surface area contributed by atoms with Gasteiger partial charge in [-0.15, -0.1) is 0 Å². The van der Waals surface area contributed by atoms with Gasteiger partial charge in [-0.25, -0.2) is 9.67 Å². The van der Waals surface area contributed by atoms with Crippen LogP contribution in [0.2, 0.25) is 5.15 Å². The lowest BCUT2D eigenvalue weighted by Crippen LogP contribution is -2.01. The van der Waals surface area contributed by atoms with Crippen molar-refractivity contribution >= 4 is 11.6 Å². The summed E-state index contributed by atoms with van der Waals surface area (Å²) in [5.74, 6) is 0. The number of hydrogen-bond acceptors (Lipinski definition) is 2. The minimum atomic E-state index is 0.484. The summed E-state index contributed by atoms with van der Waals surface area (Å²) in [6, 6.07) is 14.0. The highest BCUT2D eigenvalue weighted by Crippen LogP contribution is 2.26. The normalized spacial score (nSPS) is 10.8. The van der Waals surface area contributed by atoms with E-state index >= 15 is 0 Å². The summed E-state index contributed by atoms with van der Waals surface area (Å²) in [4.78, 5) is 4.03. The molecule has 0 radical (unpaired) electrons. The van der Waals surface area contributed by atoms with Crippen LogP contribution in [-0.2, 0) is 0 Å². The zero-order chi connectivity index (χ0) is 14.1. The Morgan fingerprint density at radius 1 is 1.05 bits per heavy atom. The molecule has 0 atom stereocenters. The van der Waals surface area contributed by atoms with Crippen molar-refractivity contribution in [3.63, 3.8) is 0 Å². The first-order chi connectivity index (χ1) is 9.65. The van der Waals surface area contributed by atoms with Gasteiger partial charge in [0.25, 0.3) is 0 Å². The fraction of sp³-hybridized carbons (Fsp3) is 0.125. The number of benzene rings is 1. The average molecular weight is 284 g/mol. The molecule has 0 saturated carbocycles. The van der Waals surface area contributed by atoms with E-state index < -0.39 is 0 Å². The van der Waals surface area contributed by atoms with Crippen LogP contribution >= 0.6 is 11.6 Å². The van der Waals surface area contributed by atoms with Gasteiger partial charge < -0.3 is 0 Å². The Morgan fingerprint density at radius 3 is 2.60 bits per heavy atom. The molecule has 3 nitrogen and oxygen atoms in total. The van der Waals surface area contributed by atoms with Crippen LogP contribution in [0.25, 0.3) is 16.9 Å². The van der Waals surface area contributed by atoms with Crippen LogP contribution in [-0.4, -0.2) is 14.8 Å². The number of aryl methyl sites for hydroxylation is 2. The van der Waals surface area contributed by atoms with E-state index in [4.69, 9.17) is 11.6 Å². The molecule has 2 aromatic heterocycles. The van der Waals surface area contributed by atoms with Crippen molar-refractivity contribution in [3.8, 4) is 16.9 Å². The number of hydrogen-bond donors (Lipinski definition) is 0. The summed E-state index contributed by atoms with van der Waals surface area (Å²) < 4.78 is 1.95. The molecule has 0 bridgehead atoms. The third-order valence-electron chi connectivity index (χ3n) is 3.20. The second kappa shape index (κ2) is 5.10. The third-order valence-corrected chi connectivity index (χ3v) is 3.40. The van der Waals surface area contributed by atoms with Gasteiger partial charge in [0.2, 0.25) is 0 Å². The van der Waals surface area contributed by atoms with Crippen LogP contribution in [0.15, 0.2) is 48.7 Å². The molecule has 0 saturated heterocycles. The molecule has 0 fully saturated rings. The first-order valence-electron chi connectivity index (χ1n) is 6.40. The average Bonchev–Trinajstić information content (AvgIpc) is 2.81. The van der Waals surface area contributed by atoms with Gasteiger partial charge in [-0.3, -0.25) is 0 Å². The molecule has 1 aromatic carbocycles. The van der Waals surface area contributed by atoms with E-state index in [2.05, 4.69) is 35.2 Å². The minimum Gasteiger partial charge on any atom is -0.245 e. The summed E-state index contributed by atoms with van der Waals surface area (Å²) in [6.07, 6.45) is 1.71. The number of nitrogens with zero attached hydrogens (tertiary/aromatic N) is 3. The van der Waals surface area contributed by atoms with E-state index in [-0.39, 0.29) is 0 Å². The SMILES string of the molecule is Cc1cc(-c2ccnc(Cl)c2)n(-c2ccccc2C)n1. The molecule has 0 spiro atoms. The van der Waals surface area contributed by atoms with Gasteiger partial charge >= 0.3 is 0 Å². The molecular formula is C16H14ClN3. The van der Waals surface area contributed by atoms with Crippen molar-refractivity contribution in [2.45, 2.75) is 13.8 Å². The number of halogens is 1. The molecule has 2 heterocycles. The lowest BCUT2D eigenvalue weighted by atomic mass is 10.1. The standard InChI is InChI=1S/C16H14ClN3/c1-11-5-3-4-6-14(11)20-15(9-12(2)19-20)13-7-8-18-16(17)10-13/h3-10H,1-2H3. The molecule has 0 aliphatic carbocycles. The van der Waals surface area contributed by atoms with Crippen LogP contribution in [0, 0.1) is 13.8 Å². The first kappa shape index (κ1) is 12.9. The fourth-order valence-electron chi connectivity index (χ4n) is 2.25. The minimum absolute atomic E-state index is 0.484. The van der Waals surface area contributed by atoms with Crippen LogP contribution in [0.1, 0.15) is 11.3 Å². The Kier molecular flexibility index (Phi) is 3.28. The molecule has 20 heavy (non-hydrogen) atoms. The Bertz CT molecular complexity index is 762. The maximum atomic E-state index is 5.99. The molecule has 4 heteroatoms. The van der Waals surface area contributed by atoms with E-state index in [1.807, 2.05) is 35.9 Å². The van der Waals surface area contributed by atoms with E-state index in [9.17, 15) is 0 Å². The van der Waals surface area contributed by atoms with E-state index in [0.29, 0.717) is 5.15 Å². The summed E-state index contributed by atoms with van der Waals surface area (Å²) in [6.45, 7) is 4.07. The predicted octanol–water partition coefficient (Wildman–Crippen LogP) is 4.20. The Hall–Kier alpha value is -2.13. The van der Waals surface area contributed by atoms with E-state index in [0.717, 1.165) is 22.6 Å². The van der Waals surface area contributed by atoms with Gasteiger partial charge in [-0.05, 0) is 43.7 Å². The van der Waals surface area contributed by atoms with Crippen molar-refractivity contribution in [2.24, 2.45) is 0 Å². The maximum absolute atomic E-state index is 5.99. The number of pyridine rings is 1. The second-order valence-corrected chi connectivity index (χ2v) is 5.12. The van der Waals surface area contributed by atoms with Crippen LogP contribution in [0.4, 0.5) is 0 Å². The van der Waals surface area contributed by atoms with Crippen LogP contribution < -0.4 is 0 Å². The fourth-order valence-corrected chi connectivity index (χ4v) is 2.43. The van der Waals surface area contributed by atoms with Gasteiger partial charge in [-0.1, -0.05) is 29.8 Å². The van der Waals surface area contributed by atoms with Crippen molar-refractivity contribution < 1.29 is 0 Å². The number of para-hydroxylation sites is 1. The summed E-state index contributed by atoms with van der Waals surface area (Å²) in [5, 5.41) is 5.08. The number of aromatic nitrogens is 3. The predicted molar refractivity (Wildman–Crippen MR) is 81.3 cm³/mol. The molecule has 0 unspecified atom stereocenters. The third kappa shape index (κ3) is 2.32. The van der Waals surface area contributed by atoms with Gasteiger partial charge in [0, 0.05) is 11.8 Å². The Balaban J connectivity index is 2.21. The Morgan fingerprint density at radius 2 is 1.85 bits per heavy atom. The second-order valence-electron chi connectivity index (χ2n) is 4.74. The largest absolute Gasteiger partial charge is 0.245 e. The summed E-state index contributed by atoms with van der Waals surface area (Å²) >= 11 is 5.99. The molecule has 100 valence electrons. The maximum Gasteiger partial charge on any atom is 0.129 e. The zero-order valence-corrected chi connectivity index (χ0v) is 12.1. The quantitative estimate of drug-likeness (QED) is 0.660. The smallest absolute Gasteiger partial charge is 0.129 e. The first-order valence-corrected chi connectivity index (χ1v) is 6.77. The van der Waals surface area contributed by atoms with Crippen molar-refractivity contribution in [1.29, 1.82) is 0 Å². The van der Waals surface area contributed by atoms with Crippen molar-refractivity contribution in [3.05, 3.63) is 65.1 Å². The van der Waals surface area contributed by atoms with Gasteiger partial charge in [0.05, 0.1) is 17.1 Å². The molecule has 3 aromatic rings. The molecule has 0 aliphatic rings. The molecular weight excluding hydrogens is 270 g/mol. The lowest BCUT2D eigenvalue weighted by Gasteiger charge is -2.10. The van der Waals surface area contributed by atoms with Crippen LogP contribution in [0.3, 0.4) is 0 Å². The van der Waals surface area contributed by atoms with Gasteiger partial charge in [-0.2, -0.15) is 5.10 Å². The zero-order valence-electron chi connectivity index (χ0n) is 11.3. The molecule has 0 aliphatic heterocycles. The lowest BCUT2D eigenvalue weighted by molar-refractivity contribution is 0.862. The molecule has 0 amide bonds. The molecule has 0 N–H and O–H groups in total. The van der Waals surface area contributed by atoms with Crippen molar-refractivity contribution in [1.82, 2.24) is 14.8 Å².